The van der Waals surface area contributed by atoms with Crippen LogP contribution in [-0.4, -0.2) is 44.4 Å². The largest absolute Gasteiger partial charge is 0.382 e. The molecule has 1 aromatic heterocycles. The van der Waals surface area contributed by atoms with Gasteiger partial charge in [-0.2, -0.15) is 0 Å². The van der Waals surface area contributed by atoms with Crippen LogP contribution in [0.5, 0.6) is 0 Å². The molecule has 5 nitrogen and oxygen atoms in total. The number of nitrogens with one attached hydrogen (secondary N) is 2. The first-order valence-electron chi connectivity index (χ1n) is 6.12. The van der Waals surface area contributed by atoms with Crippen molar-refractivity contribution < 1.29 is 14.3 Å². The summed E-state index contributed by atoms with van der Waals surface area (Å²) in [7, 11) is 3.21. The Bertz CT molecular complexity index is 550. The molecule has 0 bridgehead atoms. The van der Waals surface area contributed by atoms with Crippen molar-refractivity contribution in [1.82, 2.24) is 10.3 Å². The Morgan fingerprint density at radius 3 is 2.95 bits per heavy atom. The molecule has 2 N–H and O–H groups in total. The molecule has 1 amide bonds. The highest BCUT2D eigenvalue weighted by molar-refractivity contribution is 6.06. The van der Waals surface area contributed by atoms with E-state index < -0.39 is 0 Å². The van der Waals surface area contributed by atoms with E-state index in [1.165, 1.54) is 0 Å². The first kappa shape index (κ1) is 13.6. The van der Waals surface area contributed by atoms with Gasteiger partial charge in [-0.3, -0.25) is 4.79 Å². The molecule has 0 saturated carbocycles. The first-order chi connectivity index (χ1) is 9.26. The first-order valence-corrected chi connectivity index (χ1v) is 6.12. The molecule has 0 fully saturated rings. The summed E-state index contributed by atoms with van der Waals surface area (Å²) in [4.78, 5) is 15.2. The second-order valence-electron chi connectivity index (χ2n) is 4.27. The Morgan fingerprint density at radius 1 is 1.37 bits per heavy atom. The zero-order valence-corrected chi connectivity index (χ0v) is 11.1. The molecule has 0 aliphatic carbocycles. The van der Waals surface area contributed by atoms with Crippen LogP contribution < -0.4 is 5.32 Å². The highest BCUT2D eigenvalue weighted by Crippen LogP contribution is 2.17. The number of methoxy groups -OCH3 is 2. The van der Waals surface area contributed by atoms with E-state index in [9.17, 15) is 4.79 Å². The minimum Gasteiger partial charge on any atom is -0.382 e. The maximum Gasteiger partial charge on any atom is 0.252 e. The average molecular weight is 262 g/mol. The number of aromatic amines is 1. The van der Waals surface area contributed by atoms with Gasteiger partial charge in [0.1, 0.15) is 0 Å². The van der Waals surface area contributed by atoms with E-state index in [-0.39, 0.29) is 12.0 Å². The number of fused-ring (bicyclic) bond motifs is 1. The predicted octanol–water partition coefficient (Wildman–Crippen LogP) is 1.56. The molecule has 1 heterocycles. The van der Waals surface area contributed by atoms with E-state index in [0.717, 1.165) is 10.9 Å². The lowest BCUT2D eigenvalue weighted by atomic mass is 10.1. The summed E-state index contributed by atoms with van der Waals surface area (Å²) < 4.78 is 10.2. The summed E-state index contributed by atoms with van der Waals surface area (Å²) >= 11 is 0. The number of carbonyl (C=O) groups excluding carboxylic acids is 1. The van der Waals surface area contributed by atoms with E-state index >= 15 is 0 Å². The van der Waals surface area contributed by atoms with E-state index in [2.05, 4.69) is 10.3 Å². The maximum absolute atomic E-state index is 12.2. The summed E-state index contributed by atoms with van der Waals surface area (Å²) in [6, 6.07) is 7.50. The van der Waals surface area contributed by atoms with Gasteiger partial charge in [0, 0.05) is 43.4 Å². The molecule has 2 aromatic rings. The third-order valence-electron chi connectivity index (χ3n) is 3.02. The molecule has 2 rings (SSSR count). The van der Waals surface area contributed by atoms with Crippen LogP contribution in [0, 0.1) is 0 Å². The van der Waals surface area contributed by atoms with Crippen molar-refractivity contribution in [2.45, 2.75) is 6.10 Å². The molecule has 0 aliphatic heterocycles. The Kier molecular flexibility index (Phi) is 4.54. The van der Waals surface area contributed by atoms with Crippen LogP contribution >= 0.6 is 0 Å². The van der Waals surface area contributed by atoms with Gasteiger partial charge >= 0.3 is 0 Å². The number of H-pyrrole nitrogens is 1. The van der Waals surface area contributed by atoms with Crippen molar-refractivity contribution in [3.63, 3.8) is 0 Å². The van der Waals surface area contributed by atoms with E-state index in [1.807, 2.05) is 30.5 Å². The van der Waals surface area contributed by atoms with Gasteiger partial charge in [-0.05, 0) is 18.2 Å². The fourth-order valence-electron chi connectivity index (χ4n) is 1.98. The van der Waals surface area contributed by atoms with Gasteiger partial charge in [-0.1, -0.05) is 6.07 Å². The third-order valence-corrected chi connectivity index (χ3v) is 3.02. The molecule has 102 valence electrons. The van der Waals surface area contributed by atoms with E-state index in [4.69, 9.17) is 9.47 Å². The molecular weight excluding hydrogens is 244 g/mol. The van der Waals surface area contributed by atoms with Gasteiger partial charge in [-0.15, -0.1) is 0 Å². The number of hydrogen-bond donors (Lipinski definition) is 2. The Balaban J connectivity index is 2.05. The molecule has 0 aliphatic rings. The molecular formula is C14H18N2O3. The van der Waals surface area contributed by atoms with Gasteiger partial charge in [0.25, 0.3) is 5.91 Å². The number of hydrogen-bond acceptors (Lipinski definition) is 3. The highest BCUT2D eigenvalue weighted by atomic mass is 16.5. The number of benzene rings is 1. The summed E-state index contributed by atoms with van der Waals surface area (Å²) in [6.07, 6.45) is 1.68. The fraction of sp³-hybridized carbons (Fsp3) is 0.357. The van der Waals surface area contributed by atoms with Crippen LogP contribution in [0.4, 0.5) is 0 Å². The van der Waals surface area contributed by atoms with Gasteiger partial charge in [0.2, 0.25) is 0 Å². The molecule has 0 radical (unpaired) electrons. The topological polar surface area (TPSA) is 63.3 Å². The Labute approximate surface area is 111 Å². The normalized spacial score (nSPS) is 12.5. The van der Waals surface area contributed by atoms with Gasteiger partial charge in [0.05, 0.1) is 12.7 Å². The van der Waals surface area contributed by atoms with Crippen LogP contribution in [0.25, 0.3) is 10.9 Å². The van der Waals surface area contributed by atoms with Crippen LogP contribution in [-0.2, 0) is 9.47 Å². The second kappa shape index (κ2) is 6.36. The van der Waals surface area contributed by atoms with E-state index in [1.54, 1.807) is 14.2 Å². The van der Waals surface area contributed by atoms with Crippen molar-refractivity contribution in [3.8, 4) is 0 Å². The minimum atomic E-state index is -0.139. The van der Waals surface area contributed by atoms with Crippen LogP contribution in [0.3, 0.4) is 0 Å². The van der Waals surface area contributed by atoms with Crippen LogP contribution in [0.15, 0.2) is 30.5 Å². The molecule has 0 spiro atoms. The third kappa shape index (κ3) is 3.13. The Hall–Kier alpha value is -1.85. The van der Waals surface area contributed by atoms with Crippen molar-refractivity contribution in [2.24, 2.45) is 0 Å². The smallest absolute Gasteiger partial charge is 0.252 e. The van der Waals surface area contributed by atoms with Crippen molar-refractivity contribution >= 4 is 16.8 Å². The summed E-state index contributed by atoms with van der Waals surface area (Å²) in [6.45, 7) is 0.870. The monoisotopic (exact) mass is 262 g/mol. The number of rotatable bonds is 6. The molecule has 19 heavy (non-hydrogen) atoms. The van der Waals surface area contributed by atoms with Crippen LogP contribution in [0.1, 0.15) is 10.4 Å². The lowest BCUT2D eigenvalue weighted by Crippen LogP contribution is -2.35. The summed E-state index contributed by atoms with van der Waals surface area (Å²) in [5, 5.41) is 3.78. The standard InChI is InChI=1S/C14H18N2O3/c1-18-9-10(19-2)8-16-14(17)12-4-3-5-13-11(12)6-7-15-13/h3-7,10,15H,8-9H2,1-2H3,(H,16,17). The number of carbonyl (C=O) groups is 1. The zero-order chi connectivity index (χ0) is 13.7. The molecule has 1 atom stereocenters. The Morgan fingerprint density at radius 2 is 2.21 bits per heavy atom. The summed E-state index contributed by atoms with van der Waals surface area (Å²) in [5.41, 5.74) is 1.61. The lowest BCUT2D eigenvalue weighted by Gasteiger charge is -2.15. The van der Waals surface area contributed by atoms with Crippen LogP contribution in [0.2, 0.25) is 0 Å². The van der Waals surface area contributed by atoms with E-state index in [0.29, 0.717) is 18.7 Å². The van der Waals surface area contributed by atoms with Crippen molar-refractivity contribution in [2.75, 3.05) is 27.4 Å². The van der Waals surface area contributed by atoms with Gasteiger partial charge in [-0.25, -0.2) is 0 Å². The lowest BCUT2D eigenvalue weighted by molar-refractivity contribution is 0.0285. The SMILES string of the molecule is COCC(CNC(=O)c1cccc2[nH]ccc12)OC. The second-order valence-corrected chi connectivity index (χ2v) is 4.27. The number of aromatic nitrogens is 1. The maximum atomic E-state index is 12.2. The number of amides is 1. The highest BCUT2D eigenvalue weighted by Gasteiger charge is 2.13. The predicted molar refractivity (Wildman–Crippen MR) is 73.3 cm³/mol. The molecule has 0 saturated heterocycles. The molecule has 5 heteroatoms. The fourth-order valence-corrected chi connectivity index (χ4v) is 1.98. The zero-order valence-electron chi connectivity index (χ0n) is 11.1. The van der Waals surface area contributed by atoms with Crippen molar-refractivity contribution in [3.05, 3.63) is 36.0 Å². The molecule has 1 aromatic carbocycles. The van der Waals surface area contributed by atoms with Crippen molar-refractivity contribution in [1.29, 1.82) is 0 Å². The minimum absolute atomic E-state index is 0.108. The molecule has 1 unspecified atom stereocenters. The summed E-state index contributed by atoms with van der Waals surface area (Å²) in [5.74, 6) is -0.108. The average Bonchev–Trinajstić information content (AvgIpc) is 2.91. The van der Waals surface area contributed by atoms with Gasteiger partial charge in [0.15, 0.2) is 0 Å². The quantitative estimate of drug-likeness (QED) is 0.830. The van der Waals surface area contributed by atoms with Gasteiger partial charge < -0.3 is 19.8 Å². The number of ether oxygens (including phenoxy) is 2.